The molecule has 4 saturated carbocycles. The molecule has 22 heavy (non-hydrogen) atoms. The van der Waals surface area contributed by atoms with Crippen LogP contribution in [0.1, 0.15) is 71.6 Å². The van der Waals surface area contributed by atoms with Gasteiger partial charge in [-0.3, -0.25) is 4.79 Å². The fourth-order valence-electron chi connectivity index (χ4n) is 7.61. The van der Waals surface area contributed by atoms with Crippen LogP contribution in [-0.2, 0) is 4.79 Å². The molecular formula is C20H30O2. The van der Waals surface area contributed by atoms with E-state index in [1.165, 1.54) is 44.1 Å². The smallest absolute Gasteiger partial charge is 0.309 e. The minimum atomic E-state index is -0.552. The Morgan fingerprint density at radius 2 is 1.91 bits per heavy atom. The van der Waals surface area contributed by atoms with Crippen molar-refractivity contribution < 1.29 is 9.90 Å². The quantitative estimate of drug-likeness (QED) is 0.689. The van der Waals surface area contributed by atoms with Gasteiger partial charge >= 0.3 is 5.97 Å². The van der Waals surface area contributed by atoms with Crippen LogP contribution in [0.15, 0.2) is 12.2 Å². The van der Waals surface area contributed by atoms with Crippen LogP contribution < -0.4 is 0 Å². The molecule has 0 aromatic carbocycles. The molecule has 2 nitrogen and oxygen atoms in total. The third-order valence-electron chi connectivity index (χ3n) is 8.54. The van der Waals surface area contributed by atoms with Gasteiger partial charge in [0.05, 0.1) is 5.41 Å². The van der Waals surface area contributed by atoms with E-state index in [0.29, 0.717) is 11.3 Å². The first-order valence-corrected chi connectivity index (χ1v) is 9.23. The van der Waals surface area contributed by atoms with Crippen molar-refractivity contribution in [3.8, 4) is 0 Å². The Balaban J connectivity index is 1.75. The van der Waals surface area contributed by atoms with E-state index < -0.39 is 11.4 Å². The lowest BCUT2D eigenvalue weighted by Crippen LogP contribution is -2.58. The molecule has 4 aliphatic rings. The lowest BCUT2D eigenvalue weighted by atomic mass is 9.41. The SMILES string of the molecule is C=C1C[C@@]23CCC4[C@@](C)(CCC[C@]4(C)C(=O)O)C2CCC1C3. The predicted octanol–water partition coefficient (Wildman–Crippen LogP) is 5.04. The number of hydrogen-bond acceptors (Lipinski definition) is 1. The van der Waals surface area contributed by atoms with Crippen LogP contribution in [0.4, 0.5) is 0 Å². The molecule has 1 N–H and O–H groups in total. The maximum absolute atomic E-state index is 12.0. The molecule has 4 fully saturated rings. The van der Waals surface area contributed by atoms with Gasteiger partial charge in [0, 0.05) is 0 Å². The van der Waals surface area contributed by atoms with Crippen LogP contribution in [0.25, 0.3) is 0 Å². The molecule has 6 atom stereocenters. The maximum Gasteiger partial charge on any atom is 0.309 e. The highest BCUT2D eigenvalue weighted by Crippen LogP contribution is 2.72. The van der Waals surface area contributed by atoms with Crippen molar-refractivity contribution in [3.05, 3.63) is 12.2 Å². The number of rotatable bonds is 1. The average Bonchev–Trinajstić information content (AvgIpc) is 2.68. The van der Waals surface area contributed by atoms with Gasteiger partial charge in [0.2, 0.25) is 0 Å². The molecule has 0 aliphatic heterocycles. The van der Waals surface area contributed by atoms with Crippen LogP contribution >= 0.6 is 0 Å². The van der Waals surface area contributed by atoms with Gasteiger partial charge in [0.15, 0.2) is 0 Å². The number of aliphatic carboxylic acids is 1. The summed E-state index contributed by atoms with van der Waals surface area (Å²) in [5, 5.41) is 9.90. The molecule has 0 amide bonds. The highest BCUT2D eigenvalue weighted by molar-refractivity contribution is 5.75. The van der Waals surface area contributed by atoms with Crippen molar-refractivity contribution in [2.24, 2.45) is 34.0 Å². The molecule has 0 aromatic rings. The van der Waals surface area contributed by atoms with Crippen molar-refractivity contribution in [2.75, 3.05) is 0 Å². The highest BCUT2D eigenvalue weighted by Gasteiger charge is 2.64. The fraction of sp³-hybridized carbons (Fsp3) is 0.850. The monoisotopic (exact) mass is 302 g/mol. The van der Waals surface area contributed by atoms with E-state index in [1.54, 1.807) is 0 Å². The Morgan fingerprint density at radius 1 is 1.14 bits per heavy atom. The van der Waals surface area contributed by atoms with E-state index in [0.717, 1.165) is 31.1 Å². The van der Waals surface area contributed by atoms with Gasteiger partial charge in [0.25, 0.3) is 0 Å². The summed E-state index contributed by atoms with van der Waals surface area (Å²) in [6.45, 7) is 8.86. The first kappa shape index (κ1) is 14.8. The molecular weight excluding hydrogens is 272 g/mol. The van der Waals surface area contributed by atoms with Gasteiger partial charge in [0.1, 0.15) is 0 Å². The summed E-state index contributed by atoms with van der Waals surface area (Å²) in [5.74, 6) is 1.32. The van der Waals surface area contributed by atoms with Crippen molar-refractivity contribution >= 4 is 5.97 Å². The molecule has 0 radical (unpaired) electrons. The minimum Gasteiger partial charge on any atom is -0.481 e. The van der Waals surface area contributed by atoms with Crippen molar-refractivity contribution in [2.45, 2.75) is 71.6 Å². The van der Waals surface area contributed by atoms with E-state index in [1.807, 2.05) is 6.92 Å². The molecule has 4 rings (SSSR count). The second kappa shape index (κ2) is 4.39. The molecule has 0 saturated heterocycles. The summed E-state index contributed by atoms with van der Waals surface area (Å²) in [7, 11) is 0. The molecule has 3 unspecified atom stereocenters. The van der Waals surface area contributed by atoms with Crippen LogP contribution in [0.5, 0.6) is 0 Å². The Morgan fingerprint density at radius 3 is 2.64 bits per heavy atom. The lowest BCUT2D eigenvalue weighted by molar-refractivity contribution is -0.181. The van der Waals surface area contributed by atoms with Gasteiger partial charge in [-0.25, -0.2) is 0 Å². The zero-order chi connectivity index (χ0) is 15.8. The third kappa shape index (κ3) is 1.65. The van der Waals surface area contributed by atoms with Gasteiger partial charge < -0.3 is 5.11 Å². The summed E-state index contributed by atoms with van der Waals surface area (Å²) < 4.78 is 0. The largest absolute Gasteiger partial charge is 0.481 e. The molecule has 2 heteroatoms. The summed E-state index contributed by atoms with van der Waals surface area (Å²) >= 11 is 0. The Labute approximate surface area is 134 Å². The van der Waals surface area contributed by atoms with E-state index in [4.69, 9.17) is 0 Å². The van der Waals surface area contributed by atoms with Gasteiger partial charge in [-0.15, -0.1) is 0 Å². The van der Waals surface area contributed by atoms with Crippen molar-refractivity contribution in [1.82, 2.24) is 0 Å². The summed E-state index contributed by atoms with van der Waals surface area (Å²) in [6.07, 6.45) is 10.8. The third-order valence-corrected chi connectivity index (χ3v) is 8.54. The number of carbonyl (C=O) groups is 1. The molecule has 122 valence electrons. The Bertz CT molecular complexity index is 538. The van der Waals surface area contributed by atoms with Gasteiger partial charge in [-0.2, -0.15) is 0 Å². The molecule has 2 bridgehead atoms. The molecule has 0 heterocycles. The van der Waals surface area contributed by atoms with E-state index in [-0.39, 0.29) is 5.41 Å². The lowest BCUT2D eigenvalue weighted by Gasteiger charge is -2.63. The summed E-state index contributed by atoms with van der Waals surface area (Å²) in [5.41, 5.74) is 1.71. The second-order valence-corrected chi connectivity index (χ2v) is 9.40. The van der Waals surface area contributed by atoms with Crippen LogP contribution in [0.3, 0.4) is 0 Å². The summed E-state index contributed by atoms with van der Waals surface area (Å²) in [4.78, 5) is 12.0. The van der Waals surface area contributed by atoms with Crippen LogP contribution in [0, 0.1) is 34.0 Å². The first-order chi connectivity index (χ1) is 10.3. The topological polar surface area (TPSA) is 37.3 Å². The van der Waals surface area contributed by atoms with E-state index in [2.05, 4.69) is 13.5 Å². The van der Waals surface area contributed by atoms with Crippen LogP contribution in [-0.4, -0.2) is 11.1 Å². The number of fused-ring (bicyclic) bond motifs is 3. The van der Waals surface area contributed by atoms with Crippen molar-refractivity contribution in [3.63, 3.8) is 0 Å². The van der Waals surface area contributed by atoms with Crippen LogP contribution in [0.2, 0.25) is 0 Å². The van der Waals surface area contributed by atoms with Gasteiger partial charge in [-0.1, -0.05) is 25.5 Å². The number of hydrogen-bond donors (Lipinski definition) is 1. The Kier molecular flexibility index (Phi) is 2.95. The summed E-state index contributed by atoms with van der Waals surface area (Å²) in [6, 6.07) is 0. The second-order valence-electron chi connectivity index (χ2n) is 9.40. The Hall–Kier alpha value is -0.790. The standard InChI is InChI=1S/C20H30O2/c1-13-11-20-10-7-15-18(2,16(20)6-5-14(13)12-20)8-4-9-19(15,3)17(21)22/h14-16H,1,4-12H2,2-3H3,(H,21,22)/t14?,15?,16?,18-,19+,20-/m1/s1. The highest BCUT2D eigenvalue weighted by atomic mass is 16.4. The zero-order valence-electron chi connectivity index (χ0n) is 14.2. The minimum absolute atomic E-state index is 0.235. The average molecular weight is 302 g/mol. The maximum atomic E-state index is 12.0. The van der Waals surface area contributed by atoms with E-state index in [9.17, 15) is 9.90 Å². The van der Waals surface area contributed by atoms with Crippen molar-refractivity contribution in [1.29, 1.82) is 0 Å². The molecule has 1 spiro atoms. The number of carboxylic acid groups (broad SMARTS) is 1. The predicted molar refractivity (Wildman–Crippen MR) is 87.4 cm³/mol. The zero-order valence-corrected chi connectivity index (χ0v) is 14.2. The van der Waals surface area contributed by atoms with Gasteiger partial charge in [-0.05, 0) is 86.9 Å². The molecule has 4 aliphatic carbocycles. The molecule has 0 aromatic heterocycles. The van der Waals surface area contributed by atoms with E-state index >= 15 is 0 Å². The first-order valence-electron chi connectivity index (χ1n) is 9.23. The normalized spacial score (nSPS) is 53.7. The number of allylic oxidation sites excluding steroid dienone is 1. The fourth-order valence-corrected chi connectivity index (χ4v) is 7.61. The number of carboxylic acids is 1.